The van der Waals surface area contributed by atoms with E-state index in [9.17, 15) is 14.7 Å². The number of carboxylic acid groups (broad SMARTS) is 1. The third kappa shape index (κ3) is 5.14. The third-order valence-corrected chi connectivity index (χ3v) is 3.43. The van der Waals surface area contributed by atoms with Crippen LogP contribution in [0.2, 0.25) is 0 Å². The third-order valence-electron chi connectivity index (χ3n) is 3.43. The highest BCUT2D eigenvalue weighted by atomic mass is 16.5. The lowest BCUT2D eigenvalue weighted by molar-refractivity contribution is -0.149. The number of carbonyl (C=O) groups is 2. The zero-order chi connectivity index (χ0) is 17.5. The summed E-state index contributed by atoms with van der Waals surface area (Å²) < 4.78 is 15.3. The van der Waals surface area contributed by atoms with E-state index in [0.717, 1.165) is 5.56 Å². The van der Waals surface area contributed by atoms with Gasteiger partial charge in [0, 0.05) is 13.5 Å². The molecule has 0 bridgehead atoms. The summed E-state index contributed by atoms with van der Waals surface area (Å²) in [5, 5.41) is 11.7. The number of methoxy groups -OCH3 is 3. The van der Waals surface area contributed by atoms with Gasteiger partial charge in [-0.15, -0.1) is 0 Å². The van der Waals surface area contributed by atoms with Gasteiger partial charge in [-0.05, 0) is 37.1 Å². The molecule has 0 saturated heterocycles. The average Bonchev–Trinajstić information content (AvgIpc) is 2.52. The Balaban J connectivity index is 2.74. The van der Waals surface area contributed by atoms with Crippen LogP contribution in [0.1, 0.15) is 18.9 Å². The maximum atomic E-state index is 12.1. The summed E-state index contributed by atoms with van der Waals surface area (Å²) in [6.07, 6.45) is 0.519. The van der Waals surface area contributed by atoms with Gasteiger partial charge >= 0.3 is 5.97 Å². The first kappa shape index (κ1) is 18.8. The van der Waals surface area contributed by atoms with E-state index < -0.39 is 11.5 Å². The Labute approximate surface area is 135 Å². The van der Waals surface area contributed by atoms with Crippen LogP contribution in [0.4, 0.5) is 0 Å². The highest BCUT2D eigenvalue weighted by Gasteiger charge is 2.34. The van der Waals surface area contributed by atoms with Crippen LogP contribution in [0.3, 0.4) is 0 Å². The van der Waals surface area contributed by atoms with Crippen molar-refractivity contribution in [3.05, 3.63) is 23.8 Å². The monoisotopic (exact) mass is 325 g/mol. The van der Waals surface area contributed by atoms with Gasteiger partial charge in [0.25, 0.3) is 0 Å². The lowest BCUT2D eigenvalue weighted by Gasteiger charge is -2.25. The Hall–Kier alpha value is -2.28. The summed E-state index contributed by atoms with van der Waals surface area (Å²) >= 11 is 0. The Morgan fingerprint density at radius 2 is 1.91 bits per heavy atom. The second-order valence-corrected chi connectivity index (χ2v) is 5.30. The molecule has 1 aromatic carbocycles. The van der Waals surface area contributed by atoms with Gasteiger partial charge in [-0.25, -0.2) is 4.79 Å². The molecule has 0 aromatic heterocycles. The lowest BCUT2D eigenvalue weighted by atomic mass is 10.0. The Bertz CT molecular complexity index is 560. The van der Waals surface area contributed by atoms with Crippen LogP contribution in [-0.4, -0.2) is 50.5 Å². The van der Waals surface area contributed by atoms with Crippen molar-refractivity contribution < 1.29 is 28.9 Å². The molecule has 7 nitrogen and oxygen atoms in total. The van der Waals surface area contributed by atoms with Crippen LogP contribution in [0, 0.1) is 0 Å². The smallest absolute Gasteiger partial charge is 0.331 e. The molecule has 0 radical (unpaired) electrons. The van der Waals surface area contributed by atoms with Gasteiger partial charge in [0.15, 0.2) is 5.54 Å². The molecule has 1 unspecified atom stereocenters. The van der Waals surface area contributed by atoms with Gasteiger partial charge < -0.3 is 24.6 Å². The number of hydrogen-bond acceptors (Lipinski definition) is 5. The maximum absolute atomic E-state index is 12.1. The molecule has 0 aliphatic rings. The predicted molar refractivity (Wildman–Crippen MR) is 83.9 cm³/mol. The van der Waals surface area contributed by atoms with Crippen LogP contribution in [0.15, 0.2) is 18.2 Å². The number of aliphatic carboxylic acids is 1. The standard InChI is InChI=1S/C16H23NO6/c1-16(10-21-2,15(19)20)17-14(18)8-5-11-9-12(22-3)6-7-13(11)23-4/h6-7,9H,5,8,10H2,1-4H3,(H,17,18)(H,19,20). The largest absolute Gasteiger partial charge is 0.497 e. The first-order valence-electron chi connectivity index (χ1n) is 7.10. The van der Waals surface area contributed by atoms with Crippen LogP contribution in [0.25, 0.3) is 0 Å². The number of amides is 1. The summed E-state index contributed by atoms with van der Waals surface area (Å²) in [6.45, 7) is 1.29. The van der Waals surface area contributed by atoms with Gasteiger partial charge in [-0.3, -0.25) is 4.79 Å². The minimum absolute atomic E-state index is 0.115. The molecule has 0 saturated carbocycles. The summed E-state index contributed by atoms with van der Waals surface area (Å²) in [7, 11) is 4.49. The first-order valence-corrected chi connectivity index (χ1v) is 7.10. The van der Waals surface area contributed by atoms with E-state index in [1.807, 2.05) is 0 Å². The number of carboxylic acids is 1. The van der Waals surface area contributed by atoms with Gasteiger partial charge in [-0.2, -0.15) is 0 Å². The topological polar surface area (TPSA) is 94.1 Å². The zero-order valence-corrected chi connectivity index (χ0v) is 13.8. The number of carbonyl (C=O) groups excluding carboxylic acids is 1. The van der Waals surface area contributed by atoms with Crippen LogP contribution < -0.4 is 14.8 Å². The molecule has 0 aliphatic heterocycles. The summed E-state index contributed by atoms with van der Waals surface area (Å²) in [4.78, 5) is 23.3. The normalized spacial score (nSPS) is 13.0. The van der Waals surface area contributed by atoms with Crippen LogP contribution >= 0.6 is 0 Å². The van der Waals surface area contributed by atoms with Crippen molar-refractivity contribution in [1.82, 2.24) is 5.32 Å². The van der Waals surface area contributed by atoms with Crippen molar-refractivity contribution in [3.63, 3.8) is 0 Å². The number of nitrogens with one attached hydrogen (secondary N) is 1. The molecule has 7 heteroatoms. The van der Waals surface area contributed by atoms with Gasteiger partial charge in [0.2, 0.25) is 5.91 Å². The molecule has 0 heterocycles. The summed E-state index contributed by atoms with van der Waals surface area (Å²) in [5.41, 5.74) is -0.643. The molecule has 0 fully saturated rings. The van der Waals surface area contributed by atoms with Gasteiger partial charge in [0.1, 0.15) is 11.5 Å². The van der Waals surface area contributed by atoms with E-state index >= 15 is 0 Å². The van der Waals surface area contributed by atoms with E-state index in [0.29, 0.717) is 17.9 Å². The predicted octanol–water partition coefficient (Wildman–Crippen LogP) is 1.24. The number of hydrogen-bond donors (Lipinski definition) is 2. The van der Waals surface area contributed by atoms with Crippen molar-refractivity contribution in [2.24, 2.45) is 0 Å². The molecular formula is C16H23NO6. The first-order chi connectivity index (χ1) is 10.9. The molecule has 128 valence electrons. The highest BCUT2D eigenvalue weighted by Crippen LogP contribution is 2.25. The average molecular weight is 325 g/mol. The van der Waals surface area contributed by atoms with E-state index in [4.69, 9.17) is 14.2 Å². The fourth-order valence-electron chi connectivity index (χ4n) is 2.14. The number of ether oxygens (including phenoxy) is 3. The Morgan fingerprint density at radius 1 is 1.22 bits per heavy atom. The molecule has 0 aliphatic carbocycles. The number of benzene rings is 1. The molecule has 23 heavy (non-hydrogen) atoms. The highest BCUT2D eigenvalue weighted by molar-refractivity contribution is 5.86. The summed E-state index contributed by atoms with van der Waals surface area (Å²) in [5.74, 6) is -0.212. The summed E-state index contributed by atoms with van der Waals surface area (Å²) in [6, 6.07) is 5.32. The molecule has 2 N–H and O–H groups in total. The second kappa shape index (κ2) is 8.38. The molecular weight excluding hydrogens is 302 g/mol. The Morgan fingerprint density at radius 3 is 2.43 bits per heavy atom. The number of aryl methyl sites for hydroxylation is 1. The molecule has 1 rings (SSSR count). The molecule has 1 amide bonds. The fourth-order valence-corrected chi connectivity index (χ4v) is 2.14. The number of rotatable bonds is 9. The zero-order valence-electron chi connectivity index (χ0n) is 13.8. The van der Waals surface area contributed by atoms with E-state index in [1.165, 1.54) is 14.0 Å². The minimum atomic E-state index is -1.45. The second-order valence-electron chi connectivity index (χ2n) is 5.30. The van der Waals surface area contributed by atoms with Crippen molar-refractivity contribution in [2.45, 2.75) is 25.3 Å². The van der Waals surface area contributed by atoms with Gasteiger partial charge in [-0.1, -0.05) is 0 Å². The molecule has 1 aromatic rings. The van der Waals surface area contributed by atoms with E-state index in [-0.39, 0.29) is 18.9 Å². The van der Waals surface area contributed by atoms with Crippen LogP contribution in [-0.2, 0) is 20.7 Å². The van der Waals surface area contributed by atoms with E-state index in [1.54, 1.807) is 32.4 Å². The Kier molecular flexibility index (Phi) is 6.84. The fraction of sp³-hybridized carbons (Fsp3) is 0.500. The van der Waals surface area contributed by atoms with Crippen molar-refractivity contribution in [2.75, 3.05) is 27.9 Å². The van der Waals surface area contributed by atoms with E-state index in [2.05, 4.69) is 5.32 Å². The van der Waals surface area contributed by atoms with Gasteiger partial charge in [0.05, 0.1) is 20.8 Å². The van der Waals surface area contributed by atoms with Crippen LogP contribution in [0.5, 0.6) is 11.5 Å². The molecule has 1 atom stereocenters. The quantitative estimate of drug-likeness (QED) is 0.709. The van der Waals surface area contributed by atoms with Crippen molar-refractivity contribution in [3.8, 4) is 11.5 Å². The lowest BCUT2D eigenvalue weighted by Crippen LogP contribution is -2.55. The SMILES string of the molecule is COCC(C)(NC(=O)CCc1cc(OC)ccc1OC)C(=O)O. The molecule has 0 spiro atoms. The minimum Gasteiger partial charge on any atom is -0.497 e. The van der Waals surface area contributed by atoms with Crippen molar-refractivity contribution >= 4 is 11.9 Å². The van der Waals surface area contributed by atoms with Crippen molar-refractivity contribution in [1.29, 1.82) is 0 Å². The maximum Gasteiger partial charge on any atom is 0.331 e.